The summed E-state index contributed by atoms with van der Waals surface area (Å²) in [6.07, 6.45) is 1.73. The van der Waals surface area contributed by atoms with Gasteiger partial charge >= 0.3 is 0 Å². The molecule has 2 heteroatoms. The van der Waals surface area contributed by atoms with Gasteiger partial charge in [0.05, 0.1) is 13.3 Å². The largest absolute Gasteiger partial charge is 0.493 e. The maximum absolute atomic E-state index is 12.6. The van der Waals surface area contributed by atoms with E-state index in [9.17, 15) is 4.39 Å². The Morgan fingerprint density at radius 3 is 2.80 bits per heavy atom. The third-order valence-electron chi connectivity index (χ3n) is 2.37. The molecule has 0 aliphatic carbocycles. The van der Waals surface area contributed by atoms with Gasteiger partial charge in [-0.05, 0) is 18.6 Å². The molecule has 0 spiro atoms. The molecule has 0 aliphatic heterocycles. The molecule has 0 saturated carbocycles. The molecule has 0 N–H and O–H groups in total. The number of ether oxygens (including phenoxy) is 1. The number of hydrogen-bond acceptors (Lipinski definition) is 1. The van der Waals surface area contributed by atoms with E-state index in [2.05, 4.69) is 6.58 Å². The fraction of sp³-hybridized carbons (Fsp3) is 0.385. The van der Waals surface area contributed by atoms with E-state index in [0.717, 1.165) is 16.9 Å². The van der Waals surface area contributed by atoms with Crippen LogP contribution in [0.2, 0.25) is 0 Å². The molecule has 1 aromatic carbocycles. The van der Waals surface area contributed by atoms with E-state index in [4.69, 9.17) is 4.74 Å². The maximum Gasteiger partial charge on any atom is 0.126 e. The van der Waals surface area contributed by atoms with Crippen molar-refractivity contribution >= 4 is 6.08 Å². The number of hydrogen-bond donors (Lipinski definition) is 0. The van der Waals surface area contributed by atoms with E-state index >= 15 is 0 Å². The van der Waals surface area contributed by atoms with Crippen molar-refractivity contribution in [2.24, 2.45) is 0 Å². The van der Waals surface area contributed by atoms with Crippen molar-refractivity contribution in [1.29, 1.82) is 0 Å². The van der Waals surface area contributed by atoms with E-state index in [1.165, 1.54) is 0 Å². The summed E-state index contributed by atoms with van der Waals surface area (Å²) in [4.78, 5) is 0. The van der Waals surface area contributed by atoms with Gasteiger partial charge in [0, 0.05) is 11.5 Å². The minimum atomic E-state index is -0.365. The first kappa shape index (κ1) is 11.8. The summed E-state index contributed by atoms with van der Waals surface area (Å²) in [5.41, 5.74) is 1.86. The Hall–Kier alpha value is -1.31. The lowest BCUT2D eigenvalue weighted by Crippen LogP contribution is -2.01. The minimum Gasteiger partial charge on any atom is -0.493 e. The zero-order valence-corrected chi connectivity index (χ0v) is 9.29. The zero-order chi connectivity index (χ0) is 11.3. The van der Waals surface area contributed by atoms with Crippen molar-refractivity contribution in [1.82, 2.24) is 0 Å². The van der Waals surface area contributed by atoms with E-state index in [1.54, 1.807) is 6.08 Å². The molecule has 0 radical (unpaired) electrons. The van der Waals surface area contributed by atoms with E-state index in [-0.39, 0.29) is 12.6 Å². The lowest BCUT2D eigenvalue weighted by atomic mass is 9.96. The normalized spacial score (nSPS) is 12.2. The van der Waals surface area contributed by atoms with Crippen LogP contribution in [-0.2, 0) is 0 Å². The SMILES string of the molecule is C=Cc1c(OCC)cccc1C(C)CF. The standard InChI is InChI=1S/C13H17FO/c1-4-11-12(10(3)9-14)7-6-8-13(11)15-5-2/h4,6-8,10H,1,5,9H2,2-3H3. The van der Waals surface area contributed by atoms with Crippen molar-refractivity contribution in [3.8, 4) is 5.75 Å². The molecule has 0 amide bonds. The van der Waals surface area contributed by atoms with Crippen molar-refractivity contribution in [3.63, 3.8) is 0 Å². The molecule has 0 fully saturated rings. The Balaban J connectivity index is 3.15. The van der Waals surface area contributed by atoms with Gasteiger partial charge in [0.1, 0.15) is 5.75 Å². The van der Waals surface area contributed by atoms with Gasteiger partial charge in [0.15, 0.2) is 0 Å². The van der Waals surface area contributed by atoms with Gasteiger partial charge < -0.3 is 4.74 Å². The molecule has 0 aliphatic rings. The van der Waals surface area contributed by atoms with Gasteiger partial charge in [-0.2, -0.15) is 0 Å². The summed E-state index contributed by atoms with van der Waals surface area (Å²) in [7, 11) is 0. The van der Waals surface area contributed by atoms with Crippen LogP contribution in [0.25, 0.3) is 6.08 Å². The first-order valence-electron chi connectivity index (χ1n) is 5.18. The Bertz CT molecular complexity index is 333. The average Bonchev–Trinajstić information content (AvgIpc) is 2.28. The Kier molecular flexibility index (Phi) is 4.35. The Labute approximate surface area is 90.6 Å². The first-order valence-corrected chi connectivity index (χ1v) is 5.18. The van der Waals surface area contributed by atoms with Gasteiger partial charge in [-0.3, -0.25) is 4.39 Å². The highest BCUT2D eigenvalue weighted by molar-refractivity contribution is 5.60. The molecule has 82 valence electrons. The van der Waals surface area contributed by atoms with Crippen LogP contribution in [0.5, 0.6) is 5.75 Å². The van der Waals surface area contributed by atoms with Crippen molar-refractivity contribution < 1.29 is 9.13 Å². The van der Waals surface area contributed by atoms with Crippen LogP contribution in [0, 0.1) is 0 Å². The summed E-state index contributed by atoms with van der Waals surface area (Å²) in [5, 5.41) is 0. The number of benzene rings is 1. The summed E-state index contributed by atoms with van der Waals surface area (Å²) < 4.78 is 18.1. The third kappa shape index (κ3) is 2.58. The van der Waals surface area contributed by atoms with Crippen LogP contribution in [0.1, 0.15) is 30.9 Å². The van der Waals surface area contributed by atoms with Crippen LogP contribution in [-0.4, -0.2) is 13.3 Å². The number of alkyl halides is 1. The first-order chi connectivity index (χ1) is 7.24. The lowest BCUT2D eigenvalue weighted by Gasteiger charge is -2.15. The second-order valence-electron chi connectivity index (χ2n) is 3.45. The van der Waals surface area contributed by atoms with Gasteiger partial charge in [-0.15, -0.1) is 0 Å². The van der Waals surface area contributed by atoms with Crippen LogP contribution in [0.3, 0.4) is 0 Å². The highest BCUT2D eigenvalue weighted by Gasteiger charge is 2.12. The van der Waals surface area contributed by atoms with Crippen molar-refractivity contribution in [2.75, 3.05) is 13.3 Å². The van der Waals surface area contributed by atoms with Crippen LogP contribution >= 0.6 is 0 Å². The molecular weight excluding hydrogens is 191 g/mol. The third-order valence-corrected chi connectivity index (χ3v) is 2.37. The molecule has 1 atom stereocenters. The predicted molar refractivity (Wildman–Crippen MR) is 62.1 cm³/mol. The zero-order valence-electron chi connectivity index (χ0n) is 9.29. The molecule has 0 aromatic heterocycles. The van der Waals surface area contributed by atoms with E-state index in [0.29, 0.717) is 6.61 Å². The van der Waals surface area contributed by atoms with Gasteiger partial charge in [-0.25, -0.2) is 0 Å². The van der Waals surface area contributed by atoms with Crippen molar-refractivity contribution in [3.05, 3.63) is 35.9 Å². The predicted octanol–water partition coefficient (Wildman–Crippen LogP) is 3.80. The Morgan fingerprint density at radius 2 is 2.27 bits per heavy atom. The fourth-order valence-electron chi connectivity index (χ4n) is 1.57. The molecule has 0 heterocycles. The fourth-order valence-corrected chi connectivity index (χ4v) is 1.57. The van der Waals surface area contributed by atoms with E-state index < -0.39 is 0 Å². The molecule has 15 heavy (non-hydrogen) atoms. The highest BCUT2D eigenvalue weighted by atomic mass is 19.1. The molecule has 0 saturated heterocycles. The molecule has 1 nitrogen and oxygen atoms in total. The summed E-state index contributed by atoms with van der Waals surface area (Å²) in [5.74, 6) is 0.670. The quantitative estimate of drug-likeness (QED) is 0.715. The maximum atomic E-state index is 12.6. The summed E-state index contributed by atoms with van der Waals surface area (Å²) in [6, 6.07) is 5.69. The molecule has 0 bridgehead atoms. The smallest absolute Gasteiger partial charge is 0.126 e. The van der Waals surface area contributed by atoms with Crippen LogP contribution in [0.15, 0.2) is 24.8 Å². The topological polar surface area (TPSA) is 9.23 Å². The minimum absolute atomic E-state index is 0.113. The van der Waals surface area contributed by atoms with Gasteiger partial charge in [0.25, 0.3) is 0 Å². The summed E-state index contributed by atoms with van der Waals surface area (Å²) in [6.45, 7) is 7.78. The monoisotopic (exact) mass is 208 g/mol. The molecule has 1 unspecified atom stereocenters. The van der Waals surface area contributed by atoms with Crippen LogP contribution < -0.4 is 4.74 Å². The van der Waals surface area contributed by atoms with E-state index in [1.807, 2.05) is 32.0 Å². The second-order valence-corrected chi connectivity index (χ2v) is 3.45. The Morgan fingerprint density at radius 1 is 1.53 bits per heavy atom. The molecule has 1 aromatic rings. The summed E-state index contributed by atoms with van der Waals surface area (Å²) >= 11 is 0. The lowest BCUT2D eigenvalue weighted by molar-refractivity contribution is 0.338. The van der Waals surface area contributed by atoms with Crippen molar-refractivity contribution in [2.45, 2.75) is 19.8 Å². The second kappa shape index (κ2) is 5.54. The van der Waals surface area contributed by atoms with Gasteiger partial charge in [-0.1, -0.05) is 31.7 Å². The number of rotatable bonds is 5. The van der Waals surface area contributed by atoms with Gasteiger partial charge in [0.2, 0.25) is 0 Å². The number of halogens is 1. The highest BCUT2D eigenvalue weighted by Crippen LogP contribution is 2.29. The molecular formula is C13H17FO. The average molecular weight is 208 g/mol. The molecule has 1 rings (SSSR count). The van der Waals surface area contributed by atoms with Crippen LogP contribution in [0.4, 0.5) is 4.39 Å².